The summed E-state index contributed by atoms with van der Waals surface area (Å²) in [6.45, 7) is 2.23. The van der Waals surface area contributed by atoms with Crippen LogP contribution in [0.3, 0.4) is 0 Å². The van der Waals surface area contributed by atoms with Gasteiger partial charge in [-0.15, -0.1) is 0 Å². The zero-order valence-electron chi connectivity index (χ0n) is 33.0. The van der Waals surface area contributed by atoms with Gasteiger partial charge in [0.15, 0.2) is 8.80 Å². The summed E-state index contributed by atoms with van der Waals surface area (Å²) >= 11 is 0. The zero-order chi connectivity index (χ0) is 39.6. The Morgan fingerprint density at radius 3 is 1.49 bits per heavy atom. The molecule has 0 fully saturated rings. The van der Waals surface area contributed by atoms with Gasteiger partial charge in [0.1, 0.15) is 0 Å². The van der Waals surface area contributed by atoms with Gasteiger partial charge < -0.3 is 9.80 Å². The molecule has 0 bridgehead atoms. The molecule has 2 nitrogen and oxygen atoms in total. The second-order valence-corrected chi connectivity index (χ2v) is 17.6. The van der Waals surface area contributed by atoms with Gasteiger partial charge in [-0.1, -0.05) is 204 Å². The van der Waals surface area contributed by atoms with Crippen molar-refractivity contribution in [2.45, 2.75) is 12.3 Å². The highest BCUT2D eigenvalue weighted by Crippen LogP contribution is 2.58. The lowest BCUT2D eigenvalue weighted by Crippen LogP contribution is -2.53. The topological polar surface area (TPSA) is 6.48 Å². The Hall–Kier alpha value is -7.20. The van der Waals surface area contributed by atoms with Gasteiger partial charge in [-0.3, -0.25) is 0 Å². The summed E-state index contributed by atoms with van der Waals surface area (Å²) < 4.78 is 0. The highest BCUT2D eigenvalue weighted by Gasteiger charge is 2.46. The molecule has 0 saturated heterocycles. The van der Waals surface area contributed by atoms with Crippen molar-refractivity contribution < 1.29 is 0 Å². The molecule has 1 radical (unpaired) electrons. The van der Waals surface area contributed by atoms with Crippen LogP contribution in [0.1, 0.15) is 27.8 Å². The van der Waals surface area contributed by atoms with E-state index in [1.807, 2.05) is 0 Å². The number of benzene rings is 9. The molecule has 59 heavy (non-hydrogen) atoms. The first kappa shape index (κ1) is 36.2. The van der Waals surface area contributed by atoms with E-state index in [0.29, 0.717) is 0 Å². The van der Waals surface area contributed by atoms with Crippen molar-refractivity contribution in [2.75, 3.05) is 9.80 Å². The van der Waals surface area contributed by atoms with Crippen LogP contribution in [-0.2, 0) is 5.41 Å². The van der Waals surface area contributed by atoms with E-state index in [4.69, 9.17) is 0 Å². The molecule has 0 unspecified atom stereocenters. The molecule has 3 heteroatoms. The lowest BCUT2D eigenvalue weighted by atomic mass is 9.62. The van der Waals surface area contributed by atoms with Crippen LogP contribution in [0, 0.1) is 6.92 Å². The summed E-state index contributed by atoms with van der Waals surface area (Å²) in [5.41, 5.74) is 12.5. The van der Waals surface area contributed by atoms with E-state index in [9.17, 15) is 0 Å². The number of anilines is 6. The number of fused-ring (bicyclic) bond motifs is 2. The summed E-state index contributed by atoms with van der Waals surface area (Å²) in [5.74, 6) is 0. The maximum Gasteiger partial charge on any atom is 0.157 e. The molecule has 0 aliphatic carbocycles. The molecule has 0 amide bonds. The summed E-state index contributed by atoms with van der Waals surface area (Å²) in [7, 11) is -1.42. The number of hydrogen-bond donors (Lipinski definition) is 0. The molecule has 0 N–H and O–H groups in total. The Bertz CT molecular complexity index is 2770. The van der Waals surface area contributed by atoms with E-state index >= 15 is 0 Å². The van der Waals surface area contributed by atoms with Crippen molar-refractivity contribution >= 4 is 58.5 Å². The molecule has 10 rings (SSSR count). The molecular formula is C56H43N2Si. The van der Waals surface area contributed by atoms with Gasteiger partial charge in [0.05, 0.1) is 16.8 Å². The van der Waals surface area contributed by atoms with Crippen molar-refractivity contribution in [1.82, 2.24) is 0 Å². The fourth-order valence-corrected chi connectivity index (χ4v) is 12.0. The maximum absolute atomic E-state index is 2.51. The van der Waals surface area contributed by atoms with Gasteiger partial charge in [0.25, 0.3) is 0 Å². The number of nitrogens with zero attached hydrogens (tertiary/aromatic N) is 2. The van der Waals surface area contributed by atoms with Crippen LogP contribution in [0.5, 0.6) is 0 Å². The van der Waals surface area contributed by atoms with Gasteiger partial charge in [0, 0.05) is 22.7 Å². The predicted molar refractivity (Wildman–Crippen MR) is 250 cm³/mol. The average Bonchev–Trinajstić information content (AvgIpc) is 3.31. The van der Waals surface area contributed by atoms with Gasteiger partial charge in [-0.05, 0) is 88.5 Å². The first-order valence-corrected chi connectivity index (χ1v) is 21.9. The fourth-order valence-electron chi connectivity index (χ4n) is 9.25. The van der Waals surface area contributed by atoms with Crippen molar-refractivity contribution in [3.8, 4) is 0 Å². The predicted octanol–water partition coefficient (Wildman–Crippen LogP) is 12.1. The van der Waals surface area contributed by atoms with E-state index < -0.39 is 14.2 Å². The molecule has 0 aromatic heterocycles. The van der Waals surface area contributed by atoms with Crippen LogP contribution in [0.15, 0.2) is 243 Å². The Balaban J connectivity index is 1.25. The van der Waals surface area contributed by atoms with Gasteiger partial charge in [-0.25, -0.2) is 0 Å². The quantitative estimate of drug-likeness (QED) is 0.107. The summed E-state index contributed by atoms with van der Waals surface area (Å²) in [6, 6.07) is 89.2. The molecule has 0 atom stereocenters. The third-order valence-electron chi connectivity index (χ3n) is 11.8. The van der Waals surface area contributed by atoms with Crippen molar-refractivity contribution in [3.63, 3.8) is 0 Å². The Labute approximate surface area is 349 Å². The number of para-hydroxylation sites is 5. The average molecular weight is 772 g/mol. The van der Waals surface area contributed by atoms with Crippen molar-refractivity contribution in [1.29, 1.82) is 0 Å². The molecule has 9 aromatic carbocycles. The fraction of sp³-hybridized carbons (Fsp3) is 0.0357. The third kappa shape index (κ3) is 6.28. The molecule has 1 aliphatic rings. The second-order valence-electron chi connectivity index (χ2n) is 15.1. The summed E-state index contributed by atoms with van der Waals surface area (Å²) in [4.78, 5) is 4.95. The number of rotatable bonds is 9. The minimum absolute atomic E-state index is 0.629. The minimum Gasteiger partial charge on any atom is -0.310 e. The van der Waals surface area contributed by atoms with Crippen LogP contribution in [-0.4, -0.2) is 8.80 Å². The minimum atomic E-state index is -1.42. The third-order valence-corrected chi connectivity index (χ3v) is 14.5. The summed E-state index contributed by atoms with van der Waals surface area (Å²) in [5, 5.41) is 4.06. The monoisotopic (exact) mass is 771 g/mol. The largest absolute Gasteiger partial charge is 0.310 e. The van der Waals surface area contributed by atoms with Crippen molar-refractivity contribution in [3.05, 3.63) is 270 Å². The highest BCUT2D eigenvalue weighted by molar-refractivity contribution is 6.96. The second kappa shape index (κ2) is 15.6. The van der Waals surface area contributed by atoms with E-state index in [-0.39, 0.29) is 0 Å². The first-order valence-electron chi connectivity index (χ1n) is 20.4. The van der Waals surface area contributed by atoms with E-state index in [1.165, 1.54) is 60.4 Å². The smallest absolute Gasteiger partial charge is 0.157 e. The number of hydrogen-bond acceptors (Lipinski definition) is 2. The maximum atomic E-state index is 2.51. The molecular weight excluding hydrogens is 729 g/mol. The first-order chi connectivity index (χ1) is 29.2. The normalized spacial score (nSPS) is 12.7. The van der Waals surface area contributed by atoms with Gasteiger partial charge in [0.2, 0.25) is 0 Å². The number of aryl methyl sites for hydroxylation is 1. The van der Waals surface area contributed by atoms with Crippen LogP contribution >= 0.6 is 0 Å². The van der Waals surface area contributed by atoms with Crippen LogP contribution in [0.4, 0.5) is 34.1 Å². The molecule has 281 valence electrons. The Morgan fingerprint density at radius 2 is 0.881 bits per heavy atom. The molecule has 1 aliphatic heterocycles. The highest BCUT2D eigenvalue weighted by atomic mass is 28.3. The SMILES string of the molecule is Cc1ccccc1N(c1cccc(C2(c3ccccc3)c3ccccc3N(c3ccccc3)c3ccccc32)c1)c1ccccc1[Si](c1ccccc1)c1ccccc1. The Kier molecular flexibility index (Phi) is 9.57. The Morgan fingerprint density at radius 1 is 0.407 bits per heavy atom. The van der Waals surface area contributed by atoms with Crippen LogP contribution in [0.25, 0.3) is 0 Å². The van der Waals surface area contributed by atoms with Gasteiger partial charge in [-0.2, -0.15) is 0 Å². The zero-order valence-corrected chi connectivity index (χ0v) is 34.0. The molecule has 9 aromatic rings. The van der Waals surface area contributed by atoms with E-state index in [0.717, 1.165) is 17.1 Å². The molecule has 0 saturated carbocycles. The summed E-state index contributed by atoms with van der Waals surface area (Å²) in [6.07, 6.45) is 0. The lowest BCUT2D eigenvalue weighted by molar-refractivity contribution is 0.731. The van der Waals surface area contributed by atoms with E-state index in [2.05, 4.69) is 259 Å². The molecule has 1 heterocycles. The van der Waals surface area contributed by atoms with Crippen LogP contribution < -0.4 is 25.4 Å². The van der Waals surface area contributed by atoms with Gasteiger partial charge >= 0.3 is 0 Å². The van der Waals surface area contributed by atoms with E-state index in [1.54, 1.807) is 0 Å². The standard InChI is InChI=1S/C56H43N2Si/c1-42-23-14-17-36-51(42)58(54-39-20-21-40-55(54)59(47-30-10-4-11-31-47)48-32-12-5-13-33-48)46-29-22-26-44(41-46)56(43-24-6-2-7-25-43)49-34-15-18-37-52(49)57(45-27-8-3-9-28-45)53-38-19-16-35-50(53)56/h2-41H,1H3. The molecule has 0 spiro atoms. The van der Waals surface area contributed by atoms with Crippen molar-refractivity contribution in [2.24, 2.45) is 0 Å². The lowest BCUT2D eigenvalue weighted by Gasteiger charge is -2.46. The van der Waals surface area contributed by atoms with Crippen LogP contribution in [0.2, 0.25) is 0 Å².